The number of hydrogen-bond acceptors (Lipinski definition) is 5. The summed E-state index contributed by atoms with van der Waals surface area (Å²) in [6, 6.07) is 12.9. The smallest absolute Gasteiger partial charge is 0.407 e. The van der Waals surface area contributed by atoms with E-state index in [-0.39, 0.29) is 0 Å². The van der Waals surface area contributed by atoms with E-state index in [1.807, 2.05) is 24.3 Å². The van der Waals surface area contributed by atoms with Crippen molar-refractivity contribution in [2.45, 2.75) is 0 Å². The van der Waals surface area contributed by atoms with E-state index in [2.05, 4.69) is 31.5 Å². The zero-order chi connectivity index (χ0) is 21.3. The summed E-state index contributed by atoms with van der Waals surface area (Å²) in [5.74, 6) is -0.863. The molecular weight excluding hydrogens is 452 g/mol. The van der Waals surface area contributed by atoms with Crippen molar-refractivity contribution < 1.29 is 19.5 Å². The Kier molecular flexibility index (Phi) is 5.45. The summed E-state index contributed by atoms with van der Waals surface area (Å²) in [5.41, 5.74) is 3.19. The van der Waals surface area contributed by atoms with Crippen LogP contribution in [0.25, 0.3) is 5.57 Å². The zero-order valence-corrected chi connectivity index (χ0v) is 17.5. The van der Waals surface area contributed by atoms with Crippen LogP contribution in [0.3, 0.4) is 0 Å². The van der Waals surface area contributed by atoms with Crippen LogP contribution in [0.15, 0.2) is 53.1 Å². The monoisotopic (exact) mass is 470 g/mol. The maximum atomic E-state index is 12.3. The largest absolute Gasteiger partial charge is 0.465 e. The van der Waals surface area contributed by atoms with Gasteiger partial charge in [0.25, 0.3) is 11.8 Å². The van der Waals surface area contributed by atoms with Gasteiger partial charge in [-0.05, 0) is 42.5 Å². The topological polar surface area (TPSA) is 102 Å². The maximum Gasteiger partial charge on any atom is 0.407 e. The molecule has 0 spiro atoms. The number of nitrogens with one attached hydrogen (secondary N) is 2. The molecule has 0 aromatic heterocycles. The van der Waals surface area contributed by atoms with Crippen molar-refractivity contribution in [1.29, 1.82) is 0 Å². The fourth-order valence-electron chi connectivity index (χ4n) is 3.52. The maximum absolute atomic E-state index is 12.3. The number of nitrogens with zero attached hydrogens (tertiary/aromatic N) is 2. The number of piperazine rings is 1. The van der Waals surface area contributed by atoms with Gasteiger partial charge in [0, 0.05) is 59.4 Å². The second-order valence-corrected chi connectivity index (χ2v) is 7.89. The zero-order valence-electron chi connectivity index (χ0n) is 15.9. The first-order valence-corrected chi connectivity index (χ1v) is 10.2. The molecule has 0 unspecified atom stereocenters. The van der Waals surface area contributed by atoms with Crippen LogP contribution in [0, 0.1) is 0 Å². The molecule has 3 N–H and O–H groups in total. The van der Waals surface area contributed by atoms with Crippen molar-refractivity contribution in [3.8, 4) is 0 Å². The average Bonchev–Trinajstić information content (AvgIpc) is 2.74. The Morgan fingerprint density at radius 1 is 1.00 bits per heavy atom. The number of fused-ring (bicyclic) bond motifs is 1. The lowest BCUT2D eigenvalue weighted by Gasteiger charge is -2.34. The number of rotatable bonds is 3. The normalized spacial score (nSPS) is 17.6. The average molecular weight is 471 g/mol. The molecule has 3 amide bonds. The quantitative estimate of drug-likeness (QED) is 0.470. The molecule has 0 saturated carbocycles. The Bertz CT molecular complexity index is 1040. The summed E-state index contributed by atoms with van der Waals surface area (Å²) in [5, 5.41) is 14.5. The third-order valence-corrected chi connectivity index (χ3v) is 5.65. The Morgan fingerprint density at radius 2 is 1.70 bits per heavy atom. The lowest BCUT2D eigenvalue weighted by molar-refractivity contribution is -0.114. The van der Waals surface area contributed by atoms with Crippen molar-refractivity contribution >= 4 is 50.8 Å². The van der Waals surface area contributed by atoms with Crippen molar-refractivity contribution in [3.63, 3.8) is 0 Å². The van der Waals surface area contributed by atoms with Gasteiger partial charge in [-0.3, -0.25) is 14.9 Å². The number of imide groups is 1. The highest BCUT2D eigenvalue weighted by atomic mass is 79.9. The molecule has 0 bridgehead atoms. The van der Waals surface area contributed by atoms with E-state index in [1.165, 1.54) is 4.90 Å². The first kappa shape index (κ1) is 20.0. The number of benzene rings is 2. The first-order chi connectivity index (χ1) is 14.4. The summed E-state index contributed by atoms with van der Waals surface area (Å²) in [4.78, 5) is 38.9. The van der Waals surface area contributed by atoms with Gasteiger partial charge in [-0.25, -0.2) is 4.79 Å². The van der Waals surface area contributed by atoms with Crippen molar-refractivity contribution in [2.24, 2.45) is 0 Å². The van der Waals surface area contributed by atoms with Crippen molar-refractivity contribution in [2.75, 3.05) is 36.4 Å². The van der Waals surface area contributed by atoms with E-state index in [0.29, 0.717) is 42.9 Å². The third-order valence-electron chi connectivity index (χ3n) is 5.15. The molecule has 0 radical (unpaired) electrons. The summed E-state index contributed by atoms with van der Waals surface area (Å²) >= 11 is 3.38. The predicted octanol–water partition coefficient (Wildman–Crippen LogP) is 2.97. The molecule has 4 rings (SSSR count). The van der Waals surface area contributed by atoms with Crippen LogP contribution >= 0.6 is 15.9 Å². The number of carbonyl (C=O) groups excluding carboxylic acids is 2. The highest BCUT2D eigenvalue weighted by molar-refractivity contribution is 9.10. The highest BCUT2D eigenvalue weighted by Gasteiger charge is 2.27. The van der Waals surface area contributed by atoms with Crippen LogP contribution in [0.2, 0.25) is 0 Å². The fraction of sp³-hybridized carbons (Fsp3) is 0.190. The van der Waals surface area contributed by atoms with Crippen molar-refractivity contribution in [3.05, 3.63) is 64.3 Å². The van der Waals surface area contributed by atoms with E-state index in [0.717, 1.165) is 15.8 Å². The van der Waals surface area contributed by atoms with Crippen LogP contribution in [0.4, 0.5) is 16.2 Å². The summed E-state index contributed by atoms with van der Waals surface area (Å²) in [6.07, 6.45) is 0.706. The van der Waals surface area contributed by atoms with E-state index >= 15 is 0 Å². The molecule has 2 aliphatic rings. The lowest BCUT2D eigenvalue weighted by atomic mass is 9.95. The Balaban J connectivity index is 1.48. The number of carbonyl (C=O) groups is 3. The van der Waals surface area contributed by atoms with Gasteiger partial charge in [-0.1, -0.05) is 15.9 Å². The van der Waals surface area contributed by atoms with Gasteiger partial charge in [-0.15, -0.1) is 0 Å². The SMILES string of the molecule is O=C1NC(=O)c2ccc(Br)cc2/C1=C/Nc1ccc(N2CCN(C(=O)O)CC2)cc1. The Hall–Kier alpha value is -3.33. The summed E-state index contributed by atoms with van der Waals surface area (Å²) in [6.45, 7) is 2.24. The Labute approximate surface area is 181 Å². The second kappa shape index (κ2) is 8.19. The number of anilines is 2. The molecule has 2 aromatic rings. The van der Waals surface area contributed by atoms with Crippen LogP contribution < -0.4 is 15.5 Å². The molecule has 1 fully saturated rings. The molecule has 30 heavy (non-hydrogen) atoms. The van der Waals surface area contributed by atoms with Crippen LogP contribution in [-0.4, -0.2) is 54.1 Å². The van der Waals surface area contributed by atoms with Crippen molar-refractivity contribution in [1.82, 2.24) is 10.2 Å². The van der Waals surface area contributed by atoms with Crippen LogP contribution in [-0.2, 0) is 4.79 Å². The third kappa shape index (κ3) is 4.02. The molecule has 9 heteroatoms. The molecule has 2 aliphatic heterocycles. The molecule has 0 aliphatic carbocycles. The van der Waals surface area contributed by atoms with Gasteiger partial charge < -0.3 is 20.2 Å². The van der Waals surface area contributed by atoms with Gasteiger partial charge in [0.2, 0.25) is 0 Å². The number of amides is 3. The van der Waals surface area contributed by atoms with Crippen LogP contribution in [0.5, 0.6) is 0 Å². The van der Waals surface area contributed by atoms with E-state index < -0.39 is 17.9 Å². The molecule has 2 heterocycles. The minimum Gasteiger partial charge on any atom is -0.465 e. The van der Waals surface area contributed by atoms with Gasteiger partial charge in [0.05, 0.1) is 5.57 Å². The fourth-order valence-corrected chi connectivity index (χ4v) is 3.88. The summed E-state index contributed by atoms with van der Waals surface area (Å²) < 4.78 is 0.780. The second-order valence-electron chi connectivity index (χ2n) is 6.98. The molecule has 0 atom stereocenters. The minimum absolute atomic E-state index is 0.375. The lowest BCUT2D eigenvalue weighted by Crippen LogP contribution is -2.48. The Morgan fingerprint density at radius 3 is 2.37 bits per heavy atom. The molecule has 1 saturated heterocycles. The van der Waals surface area contributed by atoms with E-state index in [9.17, 15) is 14.4 Å². The molecule has 8 nitrogen and oxygen atoms in total. The predicted molar refractivity (Wildman–Crippen MR) is 116 cm³/mol. The van der Waals surface area contributed by atoms with E-state index in [1.54, 1.807) is 24.4 Å². The van der Waals surface area contributed by atoms with E-state index in [4.69, 9.17) is 5.11 Å². The highest BCUT2D eigenvalue weighted by Crippen LogP contribution is 2.28. The van der Waals surface area contributed by atoms with Crippen LogP contribution in [0.1, 0.15) is 15.9 Å². The molecule has 2 aromatic carbocycles. The number of halogens is 1. The summed E-state index contributed by atoms with van der Waals surface area (Å²) in [7, 11) is 0. The number of carboxylic acid groups (broad SMARTS) is 1. The first-order valence-electron chi connectivity index (χ1n) is 9.37. The number of hydrogen-bond donors (Lipinski definition) is 3. The van der Waals surface area contributed by atoms with Gasteiger partial charge in [0.1, 0.15) is 0 Å². The van der Waals surface area contributed by atoms with Gasteiger partial charge in [-0.2, -0.15) is 0 Å². The molecule has 154 valence electrons. The standard InChI is InChI=1S/C21H19BrN4O4/c22-13-1-6-16-17(11-13)18(20(28)24-19(16)27)12-23-14-2-4-15(5-3-14)25-7-9-26(10-8-25)21(29)30/h1-6,11-12,23H,7-10H2,(H,29,30)(H,24,27,28)/b18-12-. The van der Waals surface area contributed by atoms with Gasteiger partial charge in [0.15, 0.2) is 0 Å². The van der Waals surface area contributed by atoms with Gasteiger partial charge >= 0.3 is 6.09 Å². The minimum atomic E-state index is -0.885. The molecular formula is C21H19BrN4O4.